The molecule has 180 valence electrons. The van der Waals surface area contributed by atoms with E-state index in [1.807, 2.05) is 75.4 Å². The van der Waals surface area contributed by atoms with Gasteiger partial charge in [-0.2, -0.15) is 0 Å². The molecule has 4 rings (SSSR count). The van der Waals surface area contributed by atoms with Crippen LogP contribution in [-0.4, -0.2) is 43.4 Å². The molecule has 1 aliphatic heterocycles. The van der Waals surface area contributed by atoms with Crippen LogP contribution in [0.5, 0.6) is 11.5 Å². The van der Waals surface area contributed by atoms with Crippen LogP contribution in [0.25, 0.3) is 0 Å². The van der Waals surface area contributed by atoms with Crippen LogP contribution < -0.4 is 19.5 Å². The molecule has 0 bridgehead atoms. The Labute approximate surface area is 204 Å². The molecule has 0 saturated carbocycles. The van der Waals surface area contributed by atoms with Crippen molar-refractivity contribution in [2.75, 3.05) is 26.1 Å². The molecule has 34 heavy (non-hydrogen) atoms. The number of rotatable bonds is 11. The standard InChI is InChI=1S/C26H32O6Si2/c1-4-28-33(29-5-2,30-6-3)21-27-23-17-18-26-22(19-23)20-31-34(32-26,24-13-9-7-10-14-24)25-15-11-8-12-16-25/h7-19H,4-6,20-21H2,1-3H3. The zero-order valence-corrected chi connectivity index (χ0v) is 22.0. The van der Waals surface area contributed by atoms with Gasteiger partial charge in [0.25, 0.3) is 0 Å². The van der Waals surface area contributed by atoms with Gasteiger partial charge in [-0.1, -0.05) is 60.7 Å². The first kappa shape index (κ1) is 24.7. The number of ether oxygens (including phenoxy) is 1. The number of fused-ring (bicyclic) bond motifs is 1. The lowest BCUT2D eigenvalue weighted by Gasteiger charge is -2.36. The van der Waals surface area contributed by atoms with Gasteiger partial charge in [0.2, 0.25) is 0 Å². The first-order chi connectivity index (χ1) is 16.6. The Morgan fingerprint density at radius 3 is 1.85 bits per heavy atom. The van der Waals surface area contributed by atoms with Crippen molar-refractivity contribution in [3.63, 3.8) is 0 Å². The van der Waals surface area contributed by atoms with E-state index in [4.69, 9.17) is 26.9 Å². The van der Waals surface area contributed by atoms with Crippen molar-refractivity contribution in [1.29, 1.82) is 0 Å². The van der Waals surface area contributed by atoms with Crippen LogP contribution in [0.4, 0.5) is 0 Å². The highest BCUT2D eigenvalue weighted by molar-refractivity contribution is 6.93. The molecule has 0 fully saturated rings. The van der Waals surface area contributed by atoms with Crippen molar-refractivity contribution >= 4 is 27.7 Å². The van der Waals surface area contributed by atoms with E-state index in [2.05, 4.69) is 24.3 Å². The molecular formula is C26H32O6Si2. The Bertz CT molecular complexity index is 991. The molecule has 0 saturated heterocycles. The average Bonchev–Trinajstić information content (AvgIpc) is 2.88. The molecule has 0 aliphatic carbocycles. The van der Waals surface area contributed by atoms with Crippen molar-refractivity contribution in [3.8, 4) is 11.5 Å². The molecule has 1 heterocycles. The lowest BCUT2D eigenvalue weighted by Crippen LogP contribution is -2.66. The topological polar surface area (TPSA) is 55.4 Å². The van der Waals surface area contributed by atoms with Gasteiger partial charge in [0, 0.05) is 35.8 Å². The van der Waals surface area contributed by atoms with Crippen molar-refractivity contribution in [3.05, 3.63) is 84.4 Å². The van der Waals surface area contributed by atoms with Crippen LogP contribution in [0.2, 0.25) is 0 Å². The van der Waals surface area contributed by atoms with Gasteiger partial charge in [0.05, 0.1) is 6.61 Å². The Balaban J connectivity index is 1.58. The maximum Gasteiger partial charge on any atom is 0.540 e. The third-order valence-electron chi connectivity index (χ3n) is 5.53. The maximum absolute atomic E-state index is 6.70. The molecule has 8 heteroatoms. The lowest BCUT2D eigenvalue weighted by atomic mass is 10.2. The predicted molar refractivity (Wildman–Crippen MR) is 136 cm³/mol. The van der Waals surface area contributed by atoms with Gasteiger partial charge in [0.1, 0.15) is 11.5 Å². The number of benzene rings is 3. The minimum Gasteiger partial charge on any atom is -0.514 e. The van der Waals surface area contributed by atoms with E-state index in [1.165, 1.54) is 0 Å². The Morgan fingerprint density at radius 2 is 1.32 bits per heavy atom. The average molecular weight is 497 g/mol. The third-order valence-corrected chi connectivity index (χ3v) is 11.5. The highest BCUT2D eigenvalue weighted by Crippen LogP contribution is 2.32. The molecular weight excluding hydrogens is 464 g/mol. The van der Waals surface area contributed by atoms with E-state index in [9.17, 15) is 0 Å². The fourth-order valence-electron chi connectivity index (χ4n) is 4.07. The van der Waals surface area contributed by atoms with E-state index >= 15 is 0 Å². The van der Waals surface area contributed by atoms with Gasteiger partial charge >= 0.3 is 17.4 Å². The summed E-state index contributed by atoms with van der Waals surface area (Å²) >= 11 is 0. The van der Waals surface area contributed by atoms with E-state index in [0.29, 0.717) is 32.2 Å². The zero-order valence-electron chi connectivity index (χ0n) is 20.0. The summed E-state index contributed by atoms with van der Waals surface area (Å²) in [5, 5.41) is 2.15. The molecule has 0 spiro atoms. The minimum atomic E-state index is -2.90. The fraction of sp³-hybridized carbons (Fsp3) is 0.308. The first-order valence-corrected chi connectivity index (χ1v) is 15.5. The zero-order chi connectivity index (χ0) is 23.9. The fourth-order valence-corrected chi connectivity index (χ4v) is 9.32. The molecule has 0 aromatic heterocycles. The van der Waals surface area contributed by atoms with Crippen LogP contribution in [0.15, 0.2) is 78.9 Å². The van der Waals surface area contributed by atoms with Crippen LogP contribution >= 0.6 is 0 Å². The summed E-state index contributed by atoms with van der Waals surface area (Å²) in [6.45, 7) is 7.76. The maximum atomic E-state index is 6.70. The second-order valence-electron chi connectivity index (χ2n) is 7.78. The van der Waals surface area contributed by atoms with E-state index < -0.39 is 17.4 Å². The van der Waals surface area contributed by atoms with Crippen LogP contribution in [0.1, 0.15) is 26.3 Å². The van der Waals surface area contributed by atoms with Crippen molar-refractivity contribution in [2.45, 2.75) is 27.4 Å². The van der Waals surface area contributed by atoms with Gasteiger partial charge in [0.15, 0.2) is 6.23 Å². The number of hydrogen-bond acceptors (Lipinski definition) is 6. The summed E-state index contributed by atoms with van der Waals surface area (Å²) in [6.07, 6.45) is 0.246. The summed E-state index contributed by atoms with van der Waals surface area (Å²) in [6, 6.07) is 26.3. The van der Waals surface area contributed by atoms with Crippen LogP contribution in [-0.2, 0) is 24.3 Å². The smallest absolute Gasteiger partial charge is 0.514 e. The molecule has 0 atom stereocenters. The molecule has 6 nitrogen and oxygen atoms in total. The molecule has 3 aromatic rings. The van der Waals surface area contributed by atoms with E-state index in [-0.39, 0.29) is 6.23 Å². The van der Waals surface area contributed by atoms with Crippen molar-refractivity contribution in [1.82, 2.24) is 0 Å². The lowest BCUT2D eigenvalue weighted by molar-refractivity contribution is 0.0541. The molecule has 0 amide bonds. The molecule has 0 unspecified atom stereocenters. The van der Waals surface area contributed by atoms with Gasteiger partial charge in [-0.05, 0) is 39.0 Å². The normalized spacial score (nSPS) is 14.8. The summed E-state index contributed by atoms with van der Waals surface area (Å²) in [5.74, 6) is 1.52. The highest BCUT2D eigenvalue weighted by atomic mass is 28.4. The Morgan fingerprint density at radius 1 is 0.765 bits per heavy atom. The molecule has 0 N–H and O–H groups in total. The summed E-state index contributed by atoms with van der Waals surface area (Å²) in [4.78, 5) is 0. The largest absolute Gasteiger partial charge is 0.540 e. The Kier molecular flexibility index (Phi) is 8.20. The second-order valence-corrected chi connectivity index (χ2v) is 13.2. The second kappa shape index (κ2) is 11.3. The summed E-state index contributed by atoms with van der Waals surface area (Å²) in [5.41, 5.74) is 0.948. The summed E-state index contributed by atoms with van der Waals surface area (Å²) in [7, 11) is -5.78. The molecule has 0 radical (unpaired) electrons. The quantitative estimate of drug-likeness (QED) is 0.376. The van der Waals surface area contributed by atoms with Gasteiger partial charge in [-0.15, -0.1) is 0 Å². The van der Waals surface area contributed by atoms with Gasteiger partial charge in [-0.3, -0.25) is 0 Å². The van der Waals surface area contributed by atoms with E-state index in [1.54, 1.807) is 0 Å². The van der Waals surface area contributed by atoms with Gasteiger partial charge in [-0.25, -0.2) is 0 Å². The van der Waals surface area contributed by atoms with Crippen LogP contribution in [0.3, 0.4) is 0 Å². The van der Waals surface area contributed by atoms with E-state index in [0.717, 1.165) is 21.7 Å². The van der Waals surface area contributed by atoms with Gasteiger partial charge < -0.3 is 26.9 Å². The number of hydrogen-bond donors (Lipinski definition) is 0. The van der Waals surface area contributed by atoms with Crippen LogP contribution in [0, 0.1) is 0 Å². The molecule has 1 aliphatic rings. The predicted octanol–water partition coefficient (Wildman–Crippen LogP) is 3.82. The first-order valence-electron chi connectivity index (χ1n) is 11.8. The monoisotopic (exact) mass is 496 g/mol. The third kappa shape index (κ3) is 5.27. The summed E-state index contributed by atoms with van der Waals surface area (Å²) < 4.78 is 37.1. The SMILES string of the molecule is CCO[Si](COc1ccc2c(c1)CO[Si](c1ccccc1)(c1ccccc1)O2)(OCC)OCC. The highest BCUT2D eigenvalue weighted by Gasteiger charge is 2.48. The van der Waals surface area contributed by atoms with Crippen molar-refractivity contribution in [2.24, 2.45) is 0 Å². The molecule has 3 aromatic carbocycles. The van der Waals surface area contributed by atoms with Crippen molar-refractivity contribution < 1.29 is 26.9 Å². The Hall–Kier alpha value is -2.47. The minimum absolute atomic E-state index is 0.246.